The predicted octanol–water partition coefficient (Wildman–Crippen LogP) is 3.19. The van der Waals surface area contributed by atoms with E-state index >= 15 is 0 Å². The van der Waals surface area contributed by atoms with Crippen LogP contribution in [0, 0.1) is 12.7 Å². The van der Waals surface area contributed by atoms with Crippen molar-refractivity contribution in [3.8, 4) is 0 Å². The second-order valence-electron chi connectivity index (χ2n) is 6.65. The number of benzene rings is 2. The Morgan fingerprint density at radius 2 is 1.74 bits per heavy atom. The quantitative estimate of drug-likeness (QED) is 0.695. The largest absolute Gasteiger partial charge is 0.367 e. The lowest BCUT2D eigenvalue weighted by molar-refractivity contribution is 0.385. The molecule has 0 spiro atoms. The molecule has 0 saturated carbocycles. The molecule has 0 bridgehead atoms. The molecule has 4 rings (SSSR count). The van der Waals surface area contributed by atoms with E-state index in [0.717, 1.165) is 16.6 Å². The van der Waals surface area contributed by atoms with E-state index in [4.69, 9.17) is 0 Å². The van der Waals surface area contributed by atoms with Gasteiger partial charge in [0.05, 0.1) is 16.1 Å². The molecule has 2 heterocycles. The topological polar surface area (TPSA) is 53.5 Å². The highest BCUT2D eigenvalue weighted by Gasteiger charge is 2.30. The molecule has 1 aliphatic rings. The van der Waals surface area contributed by atoms with Crippen LogP contribution in [-0.4, -0.2) is 43.9 Å². The van der Waals surface area contributed by atoms with E-state index in [1.807, 2.05) is 30.3 Å². The molecule has 1 aromatic heterocycles. The maximum atomic E-state index is 13.3. The molecular weight excluding hydrogens is 365 g/mol. The minimum atomic E-state index is -3.63. The van der Waals surface area contributed by atoms with Gasteiger partial charge >= 0.3 is 0 Å². The van der Waals surface area contributed by atoms with E-state index in [1.54, 1.807) is 13.1 Å². The SMILES string of the molecule is Cc1cc(F)ccc1S(=O)(=O)N1CCN(c2cccc3cccnc23)CC1. The van der Waals surface area contributed by atoms with E-state index < -0.39 is 15.8 Å². The molecule has 3 aromatic rings. The number of hydrogen-bond donors (Lipinski definition) is 0. The monoisotopic (exact) mass is 385 g/mol. The van der Waals surface area contributed by atoms with Gasteiger partial charge in [0, 0.05) is 37.8 Å². The van der Waals surface area contributed by atoms with Gasteiger partial charge in [0.15, 0.2) is 0 Å². The van der Waals surface area contributed by atoms with Crippen LogP contribution in [0.1, 0.15) is 5.56 Å². The Labute approximate surface area is 158 Å². The van der Waals surface area contributed by atoms with Crippen molar-refractivity contribution in [2.75, 3.05) is 31.1 Å². The van der Waals surface area contributed by atoms with Crippen molar-refractivity contribution in [2.45, 2.75) is 11.8 Å². The minimum absolute atomic E-state index is 0.171. The summed E-state index contributed by atoms with van der Waals surface area (Å²) in [6.07, 6.45) is 1.77. The van der Waals surface area contributed by atoms with Gasteiger partial charge in [-0.15, -0.1) is 0 Å². The lowest BCUT2D eigenvalue weighted by Crippen LogP contribution is -2.48. The van der Waals surface area contributed by atoms with Crippen molar-refractivity contribution in [3.63, 3.8) is 0 Å². The van der Waals surface area contributed by atoms with Crippen LogP contribution in [0.25, 0.3) is 10.9 Å². The lowest BCUT2D eigenvalue weighted by Gasteiger charge is -2.35. The first-order chi connectivity index (χ1) is 13.0. The van der Waals surface area contributed by atoms with Crippen molar-refractivity contribution in [3.05, 3.63) is 66.1 Å². The molecule has 2 aromatic carbocycles. The fourth-order valence-electron chi connectivity index (χ4n) is 3.55. The normalized spacial score (nSPS) is 16.0. The van der Waals surface area contributed by atoms with E-state index in [1.165, 1.54) is 22.5 Å². The number of fused-ring (bicyclic) bond motifs is 1. The first kappa shape index (κ1) is 17.9. The number of sulfonamides is 1. The minimum Gasteiger partial charge on any atom is -0.367 e. The number of pyridine rings is 1. The molecule has 140 valence electrons. The molecule has 0 N–H and O–H groups in total. The second-order valence-corrected chi connectivity index (χ2v) is 8.56. The highest BCUT2D eigenvalue weighted by Crippen LogP contribution is 2.27. The average molecular weight is 385 g/mol. The van der Waals surface area contributed by atoms with E-state index in [2.05, 4.69) is 9.88 Å². The molecule has 1 fully saturated rings. The number of halogens is 1. The van der Waals surface area contributed by atoms with Crippen LogP contribution >= 0.6 is 0 Å². The zero-order valence-corrected chi connectivity index (χ0v) is 15.8. The van der Waals surface area contributed by atoms with Gasteiger partial charge in [0.1, 0.15) is 5.82 Å². The number of aromatic nitrogens is 1. The summed E-state index contributed by atoms with van der Waals surface area (Å²) in [6.45, 7) is 3.53. The molecule has 0 amide bonds. The Morgan fingerprint density at radius 3 is 2.48 bits per heavy atom. The molecule has 0 aliphatic carbocycles. The Hall–Kier alpha value is -2.51. The molecule has 7 heteroatoms. The summed E-state index contributed by atoms with van der Waals surface area (Å²) in [7, 11) is -3.63. The smallest absolute Gasteiger partial charge is 0.243 e. The summed E-state index contributed by atoms with van der Waals surface area (Å²) in [4.78, 5) is 6.82. The number of aryl methyl sites for hydroxylation is 1. The highest BCUT2D eigenvalue weighted by molar-refractivity contribution is 7.89. The van der Waals surface area contributed by atoms with Crippen LogP contribution in [0.4, 0.5) is 10.1 Å². The first-order valence-corrected chi connectivity index (χ1v) is 10.3. The van der Waals surface area contributed by atoms with Crippen molar-refractivity contribution < 1.29 is 12.8 Å². The Kier molecular flexibility index (Phi) is 4.57. The zero-order valence-electron chi connectivity index (χ0n) is 15.0. The van der Waals surface area contributed by atoms with Gasteiger partial charge in [0.25, 0.3) is 0 Å². The Morgan fingerprint density at radius 1 is 1.00 bits per heavy atom. The number of nitrogens with zero attached hydrogens (tertiary/aromatic N) is 3. The van der Waals surface area contributed by atoms with E-state index in [0.29, 0.717) is 31.7 Å². The first-order valence-electron chi connectivity index (χ1n) is 8.82. The Balaban J connectivity index is 1.56. The fraction of sp³-hybridized carbons (Fsp3) is 0.250. The lowest BCUT2D eigenvalue weighted by atomic mass is 10.1. The summed E-state index contributed by atoms with van der Waals surface area (Å²) in [5.41, 5.74) is 2.37. The summed E-state index contributed by atoms with van der Waals surface area (Å²) in [5.74, 6) is -0.431. The maximum absolute atomic E-state index is 13.3. The van der Waals surface area contributed by atoms with Crippen LogP contribution < -0.4 is 4.90 Å². The molecule has 0 unspecified atom stereocenters. The summed E-state index contributed by atoms with van der Waals surface area (Å²) in [6, 6.07) is 13.7. The van der Waals surface area contributed by atoms with Crippen LogP contribution in [-0.2, 0) is 10.0 Å². The van der Waals surface area contributed by atoms with Crippen molar-refractivity contribution in [1.29, 1.82) is 0 Å². The molecule has 5 nitrogen and oxygen atoms in total. The summed E-state index contributed by atoms with van der Waals surface area (Å²) < 4.78 is 40.7. The van der Waals surface area contributed by atoms with Gasteiger partial charge in [-0.25, -0.2) is 12.8 Å². The number of hydrogen-bond acceptors (Lipinski definition) is 4. The van der Waals surface area contributed by atoms with Gasteiger partial charge < -0.3 is 4.90 Å². The summed E-state index contributed by atoms with van der Waals surface area (Å²) >= 11 is 0. The van der Waals surface area contributed by atoms with E-state index in [9.17, 15) is 12.8 Å². The number of rotatable bonds is 3. The second kappa shape index (κ2) is 6.90. The fourth-order valence-corrected chi connectivity index (χ4v) is 5.18. The Bertz CT molecular complexity index is 1090. The van der Waals surface area contributed by atoms with Gasteiger partial charge in [-0.3, -0.25) is 4.98 Å². The van der Waals surface area contributed by atoms with Gasteiger partial charge in [0.2, 0.25) is 10.0 Å². The molecule has 0 atom stereocenters. The van der Waals surface area contributed by atoms with Crippen LogP contribution in [0.5, 0.6) is 0 Å². The van der Waals surface area contributed by atoms with Crippen LogP contribution in [0.2, 0.25) is 0 Å². The average Bonchev–Trinajstić information content (AvgIpc) is 2.67. The molecule has 27 heavy (non-hydrogen) atoms. The van der Waals surface area contributed by atoms with Crippen molar-refractivity contribution in [2.24, 2.45) is 0 Å². The molecule has 0 radical (unpaired) electrons. The van der Waals surface area contributed by atoms with Gasteiger partial charge in [-0.2, -0.15) is 4.31 Å². The number of piperazine rings is 1. The maximum Gasteiger partial charge on any atom is 0.243 e. The summed E-state index contributed by atoms with van der Waals surface area (Å²) in [5, 5.41) is 1.06. The van der Waals surface area contributed by atoms with E-state index in [-0.39, 0.29) is 4.90 Å². The van der Waals surface area contributed by atoms with Gasteiger partial charge in [-0.1, -0.05) is 18.2 Å². The predicted molar refractivity (Wildman–Crippen MR) is 104 cm³/mol. The molecule has 1 saturated heterocycles. The van der Waals surface area contributed by atoms with Crippen LogP contribution in [0.15, 0.2) is 59.6 Å². The highest BCUT2D eigenvalue weighted by atomic mass is 32.2. The molecule has 1 aliphatic heterocycles. The third-order valence-corrected chi connectivity index (χ3v) is 7.00. The zero-order chi connectivity index (χ0) is 19.0. The third-order valence-electron chi connectivity index (χ3n) is 4.95. The molecular formula is C20H20FN3O2S. The van der Waals surface area contributed by atoms with Crippen molar-refractivity contribution >= 4 is 26.6 Å². The van der Waals surface area contributed by atoms with Crippen LogP contribution in [0.3, 0.4) is 0 Å². The standard InChI is InChI=1S/C20H20FN3O2S/c1-15-14-17(21)7-8-19(15)27(25,26)24-12-10-23(11-13-24)18-6-2-4-16-5-3-9-22-20(16)18/h2-9,14H,10-13H2,1H3. The van der Waals surface area contributed by atoms with Gasteiger partial charge in [-0.05, 0) is 42.8 Å². The van der Waals surface area contributed by atoms with Crippen molar-refractivity contribution in [1.82, 2.24) is 9.29 Å². The number of para-hydroxylation sites is 1. The number of anilines is 1. The third kappa shape index (κ3) is 3.28.